The van der Waals surface area contributed by atoms with E-state index in [0.29, 0.717) is 12.0 Å². The summed E-state index contributed by atoms with van der Waals surface area (Å²) in [6.45, 7) is 1.52. The standard InChI is InChI=1S/C11H13F3O2/c1-7-4-5-9(11(12,13)14)10(16)8(7)3-2-6-15/h4-5,15-16H,2-3,6H2,1H3. The third-order valence-corrected chi connectivity index (χ3v) is 2.41. The lowest BCUT2D eigenvalue weighted by atomic mass is 9.99. The Balaban J connectivity index is 3.16. The van der Waals surface area contributed by atoms with Crippen molar-refractivity contribution < 1.29 is 23.4 Å². The number of alkyl halides is 3. The largest absolute Gasteiger partial charge is 0.507 e. The molecule has 0 spiro atoms. The Hall–Kier alpha value is -1.23. The molecule has 90 valence electrons. The van der Waals surface area contributed by atoms with E-state index in [0.717, 1.165) is 6.07 Å². The van der Waals surface area contributed by atoms with Crippen LogP contribution in [0.2, 0.25) is 0 Å². The lowest BCUT2D eigenvalue weighted by molar-refractivity contribution is -0.138. The van der Waals surface area contributed by atoms with Gasteiger partial charge in [0, 0.05) is 6.61 Å². The first kappa shape index (κ1) is 12.8. The van der Waals surface area contributed by atoms with Crippen molar-refractivity contribution in [3.05, 3.63) is 28.8 Å². The molecule has 0 bridgehead atoms. The average Bonchev–Trinajstić information content (AvgIpc) is 2.15. The summed E-state index contributed by atoms with van der Waals surface area (Å²) in [6, 6.07) is 2.20. The number of benzene rings is 1. The Kier molecular flexibility index (Phi) is 3.80. The Bertz CT molecular complexity index is 372. The molecule has 0 amide bonds. The van der Waals surface area contributed by atoms with Crippen LogP contribution in [0.3, 0.4) is 0 Å². The van der Waals surface area contributed by atoms with E-state index in [1.807, 2.05) is 0 Å². The van der Waals surface area contributed by atoms with E-state index in [1.54, 1.807) is 6.92 Å². The fourth-order valence-corrected chi connectivity index (χ4v) is 1.54. The van der Waals surface area contributed by atoms with E-state index < -0.39 is 17.5 Å². The minimum atomic E-state index is -4.55. The summed E-state index contributed by atoms with van der Waals surface area (Å²) in [5, 5.41) is 18.2. The molecule has 0 aliphatic rings. The number of phenols is 1. The topological polar surface area (TPSA) is 40.5 Å². The van der Waals surface area contributed by atoms with Crippen LogP contribution in [-0.2, 0) is 12.6 Å². The summed E-state index contributed by atoms with van der Waals surface area (Å²) < 4.78 is 37.4. The zero-order valence-electron chi connectivity index (χ0n) is 8.80. The maximum Gasteiger partial charge on any atom is 0.419 e. The van der Waals surface area contributed by atoms with Gasteiger partial charge in [-0.1, -0.05) is 6.07 Å². The minimum absolute atomic E-state index is 0.116. The molecule has 5 heteroatoms. The van der Waals surface area contributed by atoms with Gasteiger partial charge in [-0.25, -0.2) is 0 Å². The highest BCUT2D eigenvalue weighted by Gasteiger charge is 2.34. The van der Waals surface area contributed by atoms with Crippen LogP contribution in [0.5, 0.6) is 5.75 Å². The van der Waals surface area contributed by atoms with Crippen LogP contribution in [0.1, 0.15) is 23.1 Å². The van der Waals surface area contributed by atoms with Crippen molar-refractivity contribution in [2.75, 3.05) is 6.61 Å². The van der Waals surface area contributed by atoms with Crippen molar-refractivity contribution in [3.8, 4) is 5.75 Å². The minimum Gasteiger partial charge on any atom is -0.507 e. The monoisotopic (exact) mass is 234 g/mol. The number of aryl methyl sites for hydroxylation is 1. The number of rotatable bonds is 3. The first-order valence-corrected chi connectivity index (χ1v) is 4.87. The number of phenolic OH excluding ortho intramolecular Hbond substituents is 1. The van der Waals surface area contributed by atoms with Crippen molar-refractivity contribution in [2.45, 2.75) is 25.9 Å². The van der Waals surface area contributed by atoms with E-state index in [4.69, 9.17) is 5.11 Å². The van der Waals surface area contributed by atoms with E-state index in [-0.39, 0.29) is 18.6 Å². The second-order valence-corrected chi connectivity index (χ2v) is 3.58. The summed E-state index contributed by atoms with van der Waals surface area (Å²) in [5.74, 6) is -0.721. The molecule has 2 nitrogen and oxygen atoms in total. The Morgan fingerprint density at radius 2 is 1.88 bits per heavy atom. The summed E-state index contributed by atoms with van der Waals surface area (Å²) >= 11 is 0. The third-order valence-electron chi connectivity index (χ3n) is 2.41. The van der Waals surface area contributed by atoms with Gasteiger partial charge in [-0.2, -0.15) is 13.2 Å². The van der Waals surface area contributed by atoms with Gasteiger partial charge in [0.25, 0.3) is 0 Å². The first-order valence-electron chi connectivity index (χ1n) is 4.87. The normalized spacial score (nSPS) is 11.8. The molecule has 1 aromatic carbocycles. The van der Waals surface area contributed by atoms with Crippen molar-refractivity contribution in [1.82, 2.24) is 0 Å². The fourth-order valence-electron chi connectivity index (χ4n) is 1.54. The smallest absolute Gasteiger partial charge is 0.419 e. The predicted molar refractivity (Wildman–Crippen MR) is 53.3 cm³/mol. The highest BCUT2D eigenvalue weighted by atomic mass is 19.4. The molecule has 0 heterocycles. The summed E-state index contributed by atoms with van der Waals surface area (Å²) in [4.78, 5) is 0. The van der Waals surface area contributed by atoms with E-state index >= 15 is 0 Å². The second-order valence-electron chi connectivity index (χ2n) is 3.58. The lowest BCUT2D eigenvalue weighted by Gasteiger charge is -2.14. The van der Waals surface area contributed by atoms with Crippen LogP contribution < -0.4 is 0 Å². The molecule has 0 radical (unpaired) electrons. The van der Waals surface area contributed by atoms with E-state index in [1.165, 1.54) is 6.07 Å². The molecule has 0 fully saturated rings. The first-order chi connectivity index (χ1) is 7.38. The van der Waals surface area contributed by atoms with Crippen molar-refractivity contribution >= 4 is 0 Å². The Labute approximate surface area is 91.3 Å². The third kappa shape index (κ3) is 2.66. The maximum atomic E-state index is 12.5. The highest BCUT2D eigenvalue weighted by molar-refractivity contribution is 5.46. The van der Waals surface area contributed by atoms with Crippen LogP contribution in [0.15, 0.2) is 12.1 Å². The van der Waals surface area contributed by atoms with E-state index in [9.17, 15) is 18.3 Å². The quantitative estimate of drug-likeness (QED) is 0.844. The van der Waals surface area contributed by atoms with Gasteiger partial charge in [0.15, 0.2) is 0 Å². The van der Waals surface area contributed by atoms with Gasteiger partial charge in [-0.15, -0.1) is 0 Å². The molecule has 0 aliphatic heterocycles. The number of aliphatic hydroxyl groups is 1. The van der Waals surface area contributed by atoms with E-state index in [2.05, 4.69) is 0 Å². The molecular weight excluding hydrogens is 221 g/mol. The van der Waals surface area contributed by atoms with Crippen LogP contribution in [-0.4, -0.2) is 16.8 Å². The Morgan fingerprint density at radius 3 is 2.38 bits per heavy atom. The highest BCUT2D eigenvalue weighted by Crippen LogP contribution is 2.38. The second kappa shape index (κ2) is 4.74. The molecule has 1 rings (SSSR count). The van der Waals surface area contributed by atoms with Gasteiger partial charge < -0.3 is 10.2 Å². The Morgan fingerprint density at radius 1 is 1.25 bits per heavy atom. The zero-order chi connectivity index (χ0) is 12.3. The maximum absolute atomic E-state index is 12.5. The summed E-state index contributed by atoms with van der Waals surface area (Å²) in [6.07, 6.45) is -3.99. The van der Waals surface area contributed by atoms with Gasteiger partial charge in [0.05, 0.1) is 5.56 Å². The molecule has 16 heavy (non-hydrogen) atoms. The number of hydrogen-bond acceptors (Lipinski definition) is 2. The van der Waals surface area contributed by atoms with Gasteiger partial charge in [0.1, 0.15) is 5.75 Å². The molecular formula is C11H13F3O2. The number of halogens is 3. The lowest BCUT2D eigenvalue weighted by Crippen LogP contribution is -2.07. The SMILES string of the molecule is Cc1ccc(C(F)(F)F)c(O)c1CCCO. The number of aliphatic hydroxyl groups excluding tert-OH is 1. The fraction of sp³-hybridized carbons (Fsp3) is 0.455. The predicted octanol–water partition coefficient (Wildman–Crippen LogP) is 2.64. The van der Waals surface area contributed by atoms with Gasteiger partial charge in [0.2, 0.25) is 0 Å². The van der Waals surface area contributed by atoms with Crippen LogP contribution in [0, 0.1) is 6.92 Å². The van der Waals surface area contributed by atoms with Crippen LogP contribution in [0.25, 0.3) is 0 Å². The summed E-state index contributed by atoms with van der Waals surface area (Å²) in [5.41, 5.74) is -0.172. The molecule has 0 aromatic heterocycles. The van der Waals surface area contributed by atoms with Crippen LogP contribution in [0.4, 0.5) is 13.2 Å². The van der Waals surface area contributed by atoms with Crippen LogP contribution >= 0.6 is 0 Å². The van der Waals surface area contributed by atoms with Gasteiger partial charge in [-0.05, 0) is 37.0 Å². The van der Waals surface area contributed by atoms with Crippen molar-refractivity contribution in [3.63, 3.8) is 0 Å². The van der Waals surface area contributed by atoms with Crippen molar-refractivity contribution in [2.24, 2.45) is 0 Å². The van der Waals surface area contributed by atoms with Crippen molar-refractivity contribution in [1.29, 1.82) is 0 Å². The average molecular weight is 234 g/mol. The number of aromatic hydroxyl groups is 1. The molecule has 0 unspecified atom stereocenters. The molecule has 0 aliphatic carbocycles. The number of hydrogen-bond donors (Lipinski definition) is 2. The molecule has 0 atom stereocenters. The molecule has 1 aromatic rings. The zero-order valence-corrected chi connectivity index (χ0v) is 8.80. The summed E-state index contributed by atoms with van der Waals surface area (Å²) in [7, 11) is 0. The molecule has 0 saturated carbocycles. The molecule has 2 N–H and O–H groups in total. The van der Waals surface area contributed by atoms with Gasteiger partial charge in [-0.3, -0.25) is 0 Å². The van der Waals surface area contributed by atoms with Gasteiger partial charge >= 0.3 is 6.18 Å². The molecule has 0 saturated heterocycles.